The number of carbonyl (C=O) groups is 3. The number of amides is 2. The number of rotatable bonds is 8. The van der Waals surface area contributed by atoms with E-state index in [-0.39, 0.29) is 34.5 Å². The van der Waals surface area contributed by atoms with Gasteiger partial charge in [-0.3, -0.25) is 9.59 Å². The summed E-state index contributed by atoms with van der Waals surface area (Å²) in [6.45, 7) is 1.72. The largest absolute Gasteiger partial charge is 0.496 e. The quantitative estimate of drug-likeness (QED) is 0.466. The number of hydrogen-bond donors (Lipinski definition) is 3. The van der Waals surface area contributed by atoms with Crippen LogP contribution < -0.4 is 21.1 Å². The second-order valence-electron chi connectivity index (χ2n) is 4.78. The maximum absolute atomic E-state index is 12.0. The van der Waals surface area contributed by atoms with Gasteiger partial charge in [0, 0.05) is 12.6 Å². The van der Waals surface area contributed by atoms with Crippen molar-refractivity contribution in [3.63, 3.8) is 0 Å². The predicted octanol–water partition coefficient (Wildman–Crippen LogP) is 0.730. The molecule has 0 bridgehead atoms. The Balaban J connectivity index is 2.53. The van der Waals surface area contributed by atoms with E-state index in [1.807, 2.05) is 6.92 Å². The zero-order valence-electron chi connectivity index (χ0n) is 13.5. The first-order chi connectivity index (χ1) is 11.4. The maximum Gasteiger partial charge on any atom is 0.342 e. The zero-order valence-corrected chi connectivity index (χ0v) is 14.2. The van der Waals surface area contributed by atoms with Crippen LogP contribution >= 0.6 is 11.6 Å². The molecule has 2 amide bonds. The van der Waals surface area contributed by atoms with Gasteiger partial charge in [-0.05, 0) is 12.5 Å². The lowest BCUT2D eigenvalue weighted by molar-refractivity contribution is -0.127. The van der Waals surface area contributed by atoms with Gasteiger partial charge in [0.25, 0.3) is 5.91 Å². The number of anilines is 1. The number of carbonyl (C=O) groups excluding carboxylic acids is 3. The number of hydrogen-bond acceptors (Lipinski definition) is 6. The van der Waals surface area contributed by atoms with Gasteiger partial charge in [0.05, 0.1) is 24.4 Å². The SMILES string of the molecule is CCCNC(=O)CNC(=O)COC(=O)c1cc(Cl)c(N)cc1OC. The van der Waals surface area contributed by atoms with Crippen LogP contribution in [0.15, 0.2) is 12.1 Å². The number of methoxy groups -OCH3 is 1. The Kier molecular flexibility index (Phi) is 7.84. The highest BCUT2D eigenvalue weighted by atomic mass is 35.5. The van der Waals surface area contributed by atoms with Crippen molar-refractivity contribution >= 4 is 35.1 Å². The first-order valence-corrected chi connectivity index (χ1v) is 7.60. The molecule has 9 heteroatoms. The van der Waals surface area contributed by atoms with Crippen molar-refractivity contribution in [1.29, 1.82) is 0 Å². The molecule has 4 N–H and O–H groups in total. The second kappa shape index (κ2) is 9.61. The second-order valence-corrected chi connectivity index (χ2v) is 5.18. The van der Waals surface area contributed by atoms with Crippen LogP contribution in [0.4, 0.5) is 5.69 Å². The van der Waals surface area contributed by atoms with Crippen LogP contribution in [0.3, 0.4) is 0 Å². The summed E-state index contributed by atoms with van der Waals surface area (Å²) in [5, 5.41) is 5.11. The van der Waals surface area contributed by atoms with Crippen LogP contribution in [0, 0.1) is 0 Å². The van der Waals surface area contributed by atoms with Crippen molar-refractivity contribution < 1.29 is 23.9 Å². The highest BCUT2D eigenvalue weighted by Crippen LogP contribution is 2.29. The number of benzene rings is 1. The lowest BCUT2D eigenvalue weighted by Crippen LogP contribution is -2.38. The van der Waals surface area contributed by atoms with Crippen LogP contribution in [0.1, 0.15) is 23.7 Å². The van der Waals surface area contributed by atoms with Crippen molar-refractivity contribution in [3.8, 4) is 5.75 Å². The monoisotopic (exact) mass is 357 g/mol. The molecule has 1 aromatic carbocycles. The molecule has 0 fully saturated rings. The van der Waals surface area contributed by atoms with Gasteiger partial charge in [0.1, 0.15) is 11.3 Å². The van der Waals surface area contributed by atoms with Crippen LogP contribution in [0.5, 0.6) is 5.75 Å². The number of esters is 1. The average Bonchev–Trinajstić information content (AvgIpc) is 2.57. The van der Waals surface area contributed by atoms with E-state index >= 15 is 0 Å². The molecule has 0 saturated carbocycles. The molecule has 24 heavy (non-hydrogen) atoms. The lowest BCUT2D eigenvalue weighted by Gasteiger charge is -2.11. The van der Waals surface area contributed by atoms with E-state index in [4.69, 9.17) is 26.8 Å². The van der Waals surface area contributed by atoms with Crippen LogP contribution in [-0.4, -0.2) is 44.6 Å². The molecule has 0 unspecified atom stereocenters. The van der Waals surface area contributed by atoms with Crippen molar-refractivity contribution in [1.82, 2.24) is 10.6 Å². The van der Waals surface area contributed by atoms with Crippen molar-refractivity contribution in [3.05, 3.63) is 22.7 Å². The number of nitrogen functional groups attached to an aromatic ring is 1. The Bertz CT molecular complexity index is 621. The third kappa shape index (κ3) is 5.96. The summed E-state index contributed by atoms with van der Waals surface area (Å²) in [5.74, 6) is -1.53. The summed E-state index contributed by atoms with van der Waals surface area (Å²) >= 11 is 5.86. The van der Waals surface area contributed by atoms with Gasteiger partial charge in [-0.2, -0.15) is 0 Å². The Morgan fingerprint density at radius 1 is 1.21 bits per heavy atom. The van der Waals surface area contributed by atoms with Gasteiger partial charge in [0.15, 0.2) is 6.61 Å². The van der Waals surface area contributed by atoms with Gasteiger partial charge in [-0.1, -0.05) is 18.5 Å². The van der Waals surface area contributed by atoms with Crippen LogP contribution in [0.25, 0.3) is 0 Å². The van der Waals surface area contributed by atoms with E-state index in [1.165, 1.54) is 19.2 Å². The summed E-state index contributed by atoms with van der Waals surface area (Å²) in [7, 11) is 1.36. The smallest absolute Gasteiger partial charge is 0.342 e. The summed E-state index contributed by atoms with van der Waals surface area (Å²) in [4.78, 5) is 34.9. The Hall–Kier alpha value is -2.48. The Morgan fingerprint density at radius 2 is 1.92 bits per heavy atom. The van der Waals surface area contributed by atoms with Crippen LogP contribution in [0.2, 0.25) is 5.02 Å². The third-order valence-corrected chi connectivity index (χ3v) is 3.22. The number of nitrogens with two attached hydrogens (primary N) is 1. The first-order valence-electron chi connectivity index (χ1n) is 7.22. The van der Waals surface area contributed by atoms with Gasteiger partial charge in [-0.15, -0.1) is 0 Å². The number of nitrogens with one attached hydrogen (secondary N) is 2. The van der Waals surface area contributed by atoms with E-state index in [2.05, 4.69) is 10.6 Å². The van der Waals surface area contributed by atoms with Gasteiger partial charge < -0.3 is 25.8 Å². The molecule has 0 atom stereocenters. The van der Waals surface area contributed by atoms with Crippen LogP contribution in [-0.2, 0) is 14.3 Å². The predicted molar refractivity (Wildman–Crippen MR) is 89.0 cm³/mol. The zero-order chi connectivity index (χ0) is 18.1. The van der Waals surface area contributed by atoms with E-state index in [1.54, 1.807) is 0 Å². The van der Waals surface area contributed by atoms with Crippen molar-refractivity contribution in [2.75, 3.05) is 32.5 Å². The number of ether oxygens (including phenoxy) is 2. The molecule has 1 rings (SSSR count). The first kappa shape index (κ1) is 19.6. The van der Waals surface area contributed by atoms with E-state index < -0.39 is 18.5 Å². The minimum Gasteiger partial charge on any atom is -0.496 e. The highest BCUT2D eigenvalue weighted by Gasteiger charge is 2.17. The fraction of sp³-hybridized carbons (Fsp3) is 0.400. The van der Waals surface area contributed by atoms with Gasteiger partial charge in [-0.25, -0.2) is 4.79 Å². The standard InChI is InChI=1S/C15H20ClN3O5/c1-3-4-18-13(20)7-19-14(21)8-24-15(22)9-5-10(16)11(17)6-12(9)23-2/h5-6H,3-4,7-8,17H2,1-2H3,(H,18,20)(H,19,21). The minimum atomic E-state index is -0.792. The Labute approximate surface area is 144 Å². The van der Waals surface area contributed by atoms with E-state index in [0.717, 1.165) is 6.42 Å². The number of halogens is 1. The molecule has 0 aliphatic carbocycles. The molecule has 1 aromatic rings. The third-order valence-electron chi connectivity index (χ3n) is 2.89. The Morgan fingerprint density at radius 3 is 2.54 bits per heavy atom. The fourth-order valence-corrected chi connectivity index (χ4v) is 1.83. The summed E-state index contributed by atoms with van der Waals surface area (Å²) in [5.41, 5.74) is 5.92. The van der Waals surface area contributed by atoms with Crippen molar-refractivity contribution in [2.24, 2.45) is 0 Å². The molecule has 0 aliphatic rings. The average molecular weight is 358 g/mol. The molecule has 0 aliphatic heterocycles. The molecule has 0 saturated heterocycles. The molecule has 8 nitrogen and oxygen atoms in total. The molecule has 0 heterocycles. The summed E-state index contributed by atoms with van der Waals surface area (Å²) in [6, 6.07) is 2.69. The molecular weight excluding hydrogens is 338 g/mol. The summed E-state index contributed by atoms with van der Waals surface area (Å²) in [6.07, 6.45) is 0.795. The lowest BCUT2D eigenvalue weighted by atomic mass is 10.2. The van der Waals surface area contributed by atoms with Gasteiger partial charge >= 0.3 is 5.97 Å². The molecule has 132 valence electrons. The maximum atomic E-state index is 12.0. The molecule has 0 radical (unpaired) electrons. The molecule has 0 spiro atoms. The molecule has 0 aromatic heterocycles. The topological polar surface area (TPSA) is 120 Å². The minimum absolute atomic E-state index is 0.0465. The molecular formula is C15H20ClN3O5. The van der Waals surface area contributed by atoms with Gasteiger partial charge in [0.2, 0.25) is 5.91 Å². The normalized spacial score (nSPS) is 9.96. The van der Waals surface area contributed by atoms with E-state index in [9.17, 15) is 14.4 Å². The highest BCUT2D eigenvalue weighted by molar-refractivity contribution is 6.33. The summed E-state index contributed by atoms with van der Waals surface area (Å²) < 4.78 is 9.91. The van der Waals surface area contributed by atoms with Crippen molar-refractivity contribution in [2.45, 2.75) is 13.3 Å². The van der Waals surface area contributed by atoms with E-state index in [0.29, 0.717) is 6.54 Å². The fourth-order valence-electron chi connectivity index (χ4n) is 1.66.